The lowest BCUT2D eigenvalue weighted by Crippen LogP contribution is -2.42. The zero-order valence-electron chi connectivity index (χ0n) is 11.9. The zero-order chi connectivity index (χ0) is 14.1. The number of hydrogen-bond acceptors (Lipinski definition) is 2. The Kier molecular flexibility index (Phi) is 3.99. The average molecular weight is 293 g/mol. The monoisotopic (exact) mass is 292 g/mol. The molecule has 3 aliphatic heterocycles. The third kappa shape index (κ3) is 2.99. The molecule has 1 aromatic carbocycles. The standard InChI is InChI=1S/C16H21ClN2O/c1-18-9-13-5-6-15(18)11-19(10-13)16(20)8-12-3-2-4-14(17)7-12/h2-4,7,13,15H,5-6,8-11H2,1H3/t13-,15-/m1/s1. The number of benzene rings is 1. The van der Waals surface area contributed by atoms with Gasteiger partial charge in [0.1, 0.15) is 0 Å². The summed E-state index contributed by atoms with van der Waals surface area (Å²) in [6.45, 7) is 2.93. The molecule has 0 spiro atoms. The molecular weight excluding hydrogens is 272 g/mol. The minimum absolute atomic E-state index is 0.236. The first-order valence-corrected chi connectivity index (χ1v) is 7.72. The third-order valence-electron chi connectivity index (χ3n) is 4.58. The van der Waals surface area contributed by atoms with Crippen molar-refractivity contribution in [3.63, 3.8) is 0 Å². The lowest BCUT2D eigenvalue weighted by Gasteiger charge is -2.32. The highest BCUT2D eigenvalue weighted by molar-refractivity contribution is 6.30. The van der Waals surface area contributed by atoms with Gasteiger partial charge >= 0.3 is 0 Å². The summed E-state index contributed by atoms with van der Waals surface area (Å²) in [4.78, 5) is 17.0. The molecular formula is C16H21ClN2O. The molecule has 4 heteroatoms. The molecule has 1 amide bonds. The van der Waals surface area contributed by atoms with E-state index in [0.717, 1.165) is 25.2 Å². The van der Waals surface area contributed by atoms with E-state index in [1.807, 2.05) is 24.3 Å². The van der Waals surface area contributed by atoms with Gasteiger partial charge in [0.2, 0.25) is 5.91 Å². The summed E-state index contributed by atoms with van der Waals surface area (Å²) in [5.41, 5.74) is 1.01. The topological polar surface area (TPSA) is 23.6 Å². The van der Waals surface area contributed by atoms with Crippen LogP contribution in [0.5, 0.6) is 0 Å². The van der Waals surface area contributed by atoms with Gasteiger partial charge < -0.3 is 9.80 Å². The second-order valence-electron chi connectivity index (χ2n) is 6.14. The van der Waals surface area contributed by atoms with Crippen molar-refractivity contribution < 1.29 is 4.79 Å². The molecule has 0 N–H and O–H groups in total. The number of rotatable bonds is 2. The normalized spacial score (nSPS) is 26.6. The molecule has 20 heavy (non-hydrogen) atoms. The summed E-state index contributed by atoms with van der Waals surface area (Å²) >= 11 is 5.98. The average Bonchev–Trinajstić information content (AvgIpc) is 2.70. The van der Waals surface area contributed by atoms with Gasteiger partial charge in [0.05, 0.1) is 6.42 Å². The number of halogens is 1. The van der Waals surface area contributed by atoms with Crippen molar-refractivity contribution in [3.8, 4) is 0 Å². The van der Waals surface area contributed by atoms with Crippen LogP contribution in [0.4, 0.5) is 0 Å². The second kappa shape index (κ2) is 5.74. The van der Waals surface area contributed by atoms with Crippen LogP contribution >= 0.6 is 11.6 Å². The van der Waals surface area contributed by atoms with Crippen LogP contribution in [-0.2, 0) is 11.2 Å². The van der Waals surface area contributed by atoms with E-state index in [2.05, 4.69) is 16.8 Å². The quantitative estimate of drug-likeness (QED) is 0.836. The fraction of sp³-hybridized carbons (Fsp3) is 0.562. The Labute approximate surface area is 125 Å². The summed E-state index contributed by atoms with van der Waals surface area (Å²) in [6.07, 6.45) is 2.95. The van der Waals surface area contributed by atoms with Crippen molar-refractivity contribution >= 4 is 17.5 Å². The predicted octanol–water partition coefficient (Wildman–Crippen LogP) is 2.44. The van der Waals surface area contributed by atoms with E-state index in [1.54, 1.807) is 0 Å². The van der Waals surface area contributed by atoms with E-state index in [1.165, 1.54) is 12.8 Å². The van der Waals surface area contributed by atoms with Gasteiger partial charge in [-0.2, -0.15) is 0 Å². The molecule has 0 aliphatic carbocycles. The molecule has 108 valence electrons. The van der Waals surface area contributed by atoms with E-state index >= 15 is 0 Å². The molecule has 0 aromatic heterocycles. The molecule has 0 radical (unpaired) electrons. The number of fused-ring (bicyclic) bond motifs is 4. The minimum Gasteiger partial charge on any atom is -0.341 e. The van der Waals surface area contributed by atoms with E-state index in [0.29, 0.717) is 23.4 Å². The molecule has 3 heterocycles. The molecule has 0 saturated carbocycles. The van der Waals surface area contributed by atoms with Gasteiger partial charge in [0.25, 0.3) is 0 Å². The summed E-state index contributed by atoms with van der Waals surface area (Å²) < 4.78 is 0. The van der Waals surface area contributed by atoms with Crippen molar-refractivity contribution in [1.29, 1.82) is 0 Å². The number of piperidine rings is 1. The van der Waals surface area contributed by atoms with Crippen molar-refractivity contribution in [3.05, 3.63) is 34.9 Å². The second-order valence-corrected chi connectivity index (χ2v) is 6.58. The number of carbonyl (C=O) groups is 1. The Morgan fingerprint density at radius 3 is 2.90 bits per heavy atom. The third-order valence-corrected chi connectivity index (χ3v) is 4.82. The fourth-order valence-electron chi connectivity index (χ4n) is 3.45. The van der Waals surface area contributed by atoms with Gasteiger partial charge in [0, 0.05) is 30.7 Å². The maximum absolute atomic E-state index is 12.5. The first kappa shape index (κ1) is 13.9. The molecule has 2 bridgehead atoms. The van der Waals surface area contributed by atoms with Gasteiger partial charge in [-0.15, -0.1) is 0 Å². The van der Waals surface area contributed by atoms with Crippen LogP contribution in [0.3, 0.4) is 0 Å². The van der Waals surface area contributed by atoms with E-state index in [-0.39, 0.29) is 5.91 Å². The smallest absolute Gasteiger partial charge is 0.227 e. The van der Waals surface area contributed by atoms with Crippen molar-refractivity contribution in [2.75, 3.05) is 26.7 Å². The Bertz CT molecular complexity index is 505. The van der Waals surface area contributed by atoms with E-state index < -0.39 is 0 Å². The van der Waals surface area contributed by atoms with Crippen molar-refractivity contribution in [1.82, 2.24) is 9.80 Å². The van der Waals surface area contributed by atoms with Gasteiger partial charge in [-0.3, -0.25) is 4.79 Å². The van der Waals surface area contributed by atoms with Gasteiger partial charge in [-0.1, -0.05) is 23.7 Å². The Balaban J connectivity index is 1.68. The molecule has 0 unspecified atom stereocenters. The molecule has 3 saturated heterocycles. The first-order valence-electron chi connectivity index (χ1n) is 7.34. The molecule has 3 aliphatic rings. The first-order chi connectivity index (χ1) is 9.61. The predicted molar refractivity (Wildman–Crippen MR) is 80.9 cm³/mol. The van der Waals surface area contributed by atoms with Crippen molar-refractivity contribution in [2.24, 2.45) is 5.92 Å². The molecule has 3 fully saturated rings. The largest absolute Gasteiger partial charge is 0.341 e. The van der Waals surface area contributed by atoms with Crippen LogP contribution in [-0.4, -0.2) is 48.4 Å². The number of amides is 1. The number of hydrogen-bond donors (Lipinski definition) is 0. The highest BCUT2D eigenvalue weighted by Gasteiger charge is 2.34. The van der Waals surface area contributed by atoms with Crippen molar-refractivity contribution in [2.45, 2.75) is 25.3 Å². The lowest BCUT2D eigenvalue weighted by molar-refractivity contribution is -0.130. The maximum Gasteiger partial charge on any atom is 0.227 e. The fourth-order valence-corrected chi connectivity index (χ4v) is 3.67. The Morgan fingerprint density at radius 1 is 1.30 bits per heavy atom. The van der Waals surface area contributed by atoms with Gasteiger partial charge in [-0.25, -0.2) is 0 Å². The maximum atomic E-state index is 12.5. The molecule has 2 atom stereocenters. The van der Waals surface area contributed by atoms with Crippen LogP contribution < -0.4 is 0 Å². The Morgan fingerprint density at radius 2 is 2.15 bits per heavy atom. The summed E-state index contributed by atoms with van der Waals surface area (Å²) in [5.74, 6) is 0.876. The zero-order valence-corrected chi connectivity index (χ0v) is 12.6. The molecule has 1 aromatic rings. The summed E-state index contributed by atoms with van der Waals surface area (Å²) in [5, 5.41) is 0.700. The van der Waals surface area contributed by atoms with Gasteiger partial charge in [0.15, 0.2) is 0 Å². The van der Waals surface area contributed by atoms with Crippen LogP contribution in [0.2, 0.25) is 5.02 Å². The summed E-state index contributed by atoms with van der Waals surface area (Å²) in [7, 11) is 2.18. The number of likely N-dealkylation sites (N-methyl/N-ethyl adjacent to an activating group) is 1. The summed E-state index contributed by atoms with van der Waals surface area (Å²) in [6, 6.07) is 8.15. The van der Waals surface area contributed by atoms with Crippen LogP contribution in [0.15, 0.2) is 24.3 Å². The van der Waals surface area contributed by atoms with Crippen LogP contribution in [0, 0.1) is 5.92 Å². The highest BCUT2D eigenvalue weighted by Crippen LogP contribution is 2.27. The van der Waals surface area contributed by atoms with E-state index in [9.17, 15) is 4.79 Å². The molecule has 3 nitrogen and oxygen atoms in total. The number of carbonyl (C=O) groups excluding carboxylic acids is 1. The minimum atomic E-state index is 0.236. The van der Waals surface area contributed by atoms with Gasteiger partial charge in [-0.05, 0) is 43.5 Å². The Hall–Kier alpha value is -1.06. The van der Waals surface area contributed by atoms with Crippen LogP contribution in [0.1, 0.15) is 18.4 Å². The highest BCUT2D eigenvalue weighted by atomic mass is 35.5. The SMILES string of the molecule is CN1C[C@H]2CC[C@@H]1CN(C(=O)Cc1cccc(Cl)c1)C2. The molecule has 4 rings (SSSR count). The van der Waals surface area contributed by atoms with E-state index in [4.69, 9.17) is 11.6 Å². The lowest BCUT2D eigenvalue weighted by atomic mass is 9.96. The number of nitrogens with zero attached hydrogens (tertiary/aromatic N) is 2. The van der Waals surface area contributed by atoms with Crippen LogP contribution in [0.25, 0.3) is 0 Å².